The maximum Gasteiger partial charge on any atom is 0.216 e. The molecule has 4 heteroatoms. The minimum absolute atomic E-state index is 0.0174. The third-order valence-electron chi connectivity index (χ3n) is 2.86. The Morgan fingerprint density at radius 3 is 2.65 bits per heavy atom. The van der Waals surface area contributed by atoms with Crippen molar-refractivity contribution >= 4 is 5.91 Å². The van der Waals surface area contributed by atoms with Crippen LogP contribution in [0.5, 0.6) is 0 Å². The molecule has 0 aromatic carbocycles. The Hall–Kier alpha value is -0.610. The zero-order valence-corrected chi connectivity index (χ0v) is 11.4. The third kappa shape index (κ3) is 10.3. The van der Waals surface area contributed by atoms with E-state index in [0.717, 1.165) is 32.2 Å². The van der Waals surface area contributed by atoms with Gasteiger partial charge in [0, 0.05) is 26.0 Å². The summed E-state index contributed by atoms with van der Waals surface area (Å²) in [6, 6.07) is 0. The van der Waals surface area contributed by atoms with Crippen LogP contribution in [0.3, 0.4) is 0 Å². The third-order valence-corrected chi connectivity index (χ3v) is 2.86. The predicted molar refractivity (Wildman–Crippen MR) is 68.8 cm³/mol. The highest BCUT2D eigenvalue weighted by molar-refractivity contribution is 5.72. The molecule has 102 valence electrons. The normalized spacial score (nSPS) is 14.4. The number of carbonyl (C=O) groups is 1. The molecular formula is C13H27NO3. The minimum Gasteiger partial charge on any atom is -0.396 e. The second-order valence-electron chi connectivity index (χ2n) is 4.58. The van der Waals surface area contributed by atoms with E-state index < -0.39 is 0 Å². The van der Waals surface area contributed by atoms with Gasteiger partial charge in [0.05, 0.1) is 12.7 Å². The van der Waals surface area contributed by atoms with E-state index in [2.05, 4.69) is 12.2 Å². The topological polar surface area (TPSA) is 58.6 Å². The summed E-state index contributed by atoms with van der Waals surface area (Å²) in [6.07, 6.45) is 4.19. The molecule has 17 heavy (non-hydrogen) atoms. The van der Waals surface area contributed by atoms with Crippen molar-refractivity contribution in [2.75, 3.05) is 19.8 Å². The van der Waals surface area contributed by atoms with E-state index in [1.807, 2.05) is 6.92 Å². The highest BCUT2D eigenvalue weighted by atomic mass is 16.5. The molecule has 0 radical (unpaired) electrons. The monoisotopic (exact) mass is 245 g/mol. The summed E-state index contributed by atoms with van der Waals surface area (Å²) in [5.74, 6) is 0.241. The van der Waals surface area contributed by atoms with E-state index in [1.165, 1.54) is 6.92 Å². The number of rotatable bonds is 10. The van der Waals surface area contributed by atoms with Crippen LogP contribution in [0.2, 0.25) is 0 Å². The Bertz CT molecular complexity index is 197. The first-order chi connectivity index (χ1) is 8.10. The van der Waals surface area contributed by atoms with Crippen molar-refractivity contribution in [2.24, 2.45) is 5.92 Å². The molecule has 4 nitrogen and oxygen atoms in total. The van der Waals surface area contributed by atoms with Gasteiger partial charge in [-0.3, -0.25) is 4.79 Å². The fourth-order valence-electron chi connectivity index (χ4n) is 1.47. The van der Waals surface area contributed by atoms with Crippen LogP contribution in [0, 0.1) is 5.92 Å². The number of aliphatic hydroxyl groups excluding tert-OH is 1. The summed E-state index contributed by atoms with van der Waals surface area (Å²) in [4.78, 5) is 10.6. The van der Waals surface area contributed by atoms with Crippen molar-refractivity contribution < 1.29 is 14.6 Å². The second kappa shape index (κ2) is 10.5. The first-order valence-electron chi connectivity index (χ1n) is 6.57. The molecule has 0 aliphatic rings. The van der Waals surface area contributed by atoms with Crippen LogP contribution < -0.4 is 5.32 Å². The van der Waals surface area contributed by atoms with Crippen molar-refractivity contribution in [2.45, 2.75) is 52.6 Å². The molecule has 0 bridgehead atoms. The Morgan fingerprint density at radius 2 is 2.12 bits per heavy atom. The van der Waals surface area contributed by atoms with Crippen molar-refractivity contribution in [3.8, 4) is 0 Å². The number of hydrogen-bond acceptors (Lipinski definition) is 3. The van der Waals surface area contributed by atoms with Gasteiger partial charge in [-0.05, 0) is 26.2 Å². The lowest BCUT2D eigenvalue weighted by molar-refractivity contribution is -0.118. The summed E-state index contributed by atoms with van der Waals surface area (Å²) in [7, 11) is 0. The van der Waals surface area contributed by atoms with Crippen LogP contribution in [0.4, 0.5) is 0 Å². The van der Waals surface area contributed by atoms with Gasteiger partial charge >= 0.3 is 0 Å². The van der Waals surface area contributed by atoms with Crippen LogP contribution in [0.1, 0.15) is 46.5 Å². The Labute approximate surface area is 105 Å². The van der Waals surface area contributed by atoms with E-state index in [4.69, 9.17) is 4.74 Å². The highest BCUT2D eigenvalue weighted by Gasteiger charge is 2.09. The molecule has 0 heterocycles. The summed E-state index contributed by atoms with van der Waals surface area (Å²) >= 11 is 0. The summed E-state index contributed by atoms with van der Waals surface area (Å²) in [6.45, 7) is 7.19. The van der Waals surface area contributed by atoms with Crippen molar-refractivity contribution in [1.29, 1.82) is 0 Å². The fourth-order valence-corrected chi connectivity index (χ4v) is 1.47. The lowest BCUT2D eigenvalue weighted by atomic mass is 10.0. The molecule has 2 N–H and O–H groups in total. The molecule has 2 unspecified atom stereocenters. The lowest BCUT2D eigenvalue weighted by Crippen LogP contribution is -2.22. The van der Waals surface area contributed by atoms with Gasteiger partial charge in [0.15, 0.2) is 0 Å². The summed E-state index contributed by atoms with van der Waals surface area (Å²) in [5, 5.41) is 12.0. The summed E-state index contributed by atoms with van der Waals surface area (Å²) < 4.78 is 5.61. The lowest BCUT2D eigenvalue weighted by Gasteiger charge is -2.17. The quantitative estimate of drug-likeness (QED) is 0.576. The average Bonchev–Trinajstić information content (AvgIpc) is 2.31. The van der Waals surface area contributed by atoms with Crippen molar-refractivity contribution in [3.05, 3.63) is 0 Å². The molecule has 0 aliphatic carbocycles. The number of amides is 1. The zero-order valence-electron chi connectivity index (χ0n) is 11.4. The van der Waals surface area contributed by atoms with Gasteiger partial charge in [-0.15, -0.1) is 0 Å². The van der Waals surface area contributed by atoms with Gasteiger partial charge in [0.1, 0.15) is 0 Å². The molecule has 1 amide bonds. The van der Waals surface area contributed by atoms with Gasteiger partial charge < -0.3 is 15.2 Å². The number of ether oxygens (including phenoxy) is 1. The van der Waals surface area contributed by atoms with Crippen LogP contribution >= 0.6 is 0 Å². The average molecular weight is 245 g/mol. The fraction of sp³-hybridized carbons (Fsp3) is 0.923. The van der Waals surface area contributed by atoms with Gasteiger partial charge in [-0.2, -0.15) is 0 Å². The maximum absolute atomic E-state index is 10.6. The number of unbranched alkanes of at least 4 members (excludes halogenated alkanes) is 1. The van der Waals surface area contributed by atoms with Crippen LogP contribution in [-0.4, -0.2) is 36.9 Å². The molecule has 0 fully saturated rings. The molecule has 0 aromatic rings. The number of aliphatic hydroxyl groups is 1. The van der Waals surface area contributed by atoms with E-state index in [1.54, 1.807) is 0 Å². The smallest absolute Gasteiger partial charge is 0.216 e. The van der Waals surface area contributed by atoms with Crippen LogP contribution in [-0.2, 0) is 9.53 Å². The Kier molecular flexibility index (Phi) is 10.2. The van der Waals surface area contributed by atoms with E-state index in [-0.39, 0.29) is 24.5 Å². The van der Waals surface area contributed by atoms with Crippen molar-refractivity contribution in [1.82, 2.24) is 5.32 Å². The minimum atomic E-state index is 0.0174. The van der Waals surface area contributed by atoms with Gasteiger partial charge in [0.2, 0.25) is 5.91 Å². The molecule has 2 atom stereocenters. The van der Waals surface area contributed by atoms with Gasteiger partial charge in [-0.1, -0.05) is 13.3 Å². The molecule has 0 saturated heterocycles. The Balaban J connectivity index is 3.50. The molecule has 0 aliphatic heterocycles. The van der Waals surface area contributed by atoms with E-state index >= 15 is 0 Å². The number of hydrogen-bond donors (Lipinski definition) is 2. The maximum atomic E-state index is 10.6. The van der Waals surface area contributed by atoms with Gasteiger partial charge in [-0.25, -0.2) is 0 Å². The largest absolute Gasteiger partial charge is 0.396 e. The first kappa shape index (κ1) is 16.4. The molecule has 0 spiro atoms. The SMILES string of the molecule is CCC(C)OCC(CO)CCCCNC(C)=O. The summed E-state index contributed by atoms with van der Waals surface area (Å²) in [5.41, 5.74) is 0. The van der Waals surface area contributed by atoms with E-state index in [9.17, 15) is 9.90 Å². The number of nitrogens with one attached hydrogen (secondary N) is 1. The predicted octanol–water partition coefficient (Wildman–Crippen LogP) is 1.72. The van der Waals surface area contributed by atoms with Gasteiger partial charge in [0.25, 0.3) is 0 Å². The molecule has 0 saturated carbocycles. The molecular weight excluding hydrogens is 218 g/mol. The molecule has 0 aromatic heterocycles. The zero-order chi connectivity index (χ0) is 13.1. The van der Waals surface area contributed by atoms with E-state index in [0.29, 0.717) is 6.61 Å². The standard InChI is InChI=1S/C13H27NO3/c1-4-11(2)17-10-13(9-15)7-5-6-8-14-12(3)16/h11,13,15H,4-10H2,1-3H3,(H,14,16). The van der Waals surface area contributed by atoms with Crippen molar-refractivity contribution in [3.63, 3.8) is 0 Å². The number of carbonyl (C=O) groups excluding carboxylic acids is 1. The van der Waals surface area contributed by atoms with Crippen LogP contribution in [0.15, 0.2) is 0 Å². The Morgan fingerprint density at radius 1 is 1.41 bits per heavy atom. The highest BCUT2D eigenvalue weighted by Crippen LogP contribution is 2.10. The van der Waals surface area contributed by atoms with Crippen LogP contribution in [0.25, 0.3) is 0 Å². The second-order valence-corrected chi connectivity index (χ2v) is 4.58. The first-order valence-corrected chi connectivity index (χ1v) is 6.57. The molecule has 0 rings (SSSR count).